The Kier molecular flexibility index (Phi) is 5.06. The van der Waals surface area contributed by atoms with Crippen molar-refractivity contribution in [2.75, 3.05) is 5.73 Å². The zero-order valence-corrected chi connectivity index (χ0v) is 15.1. The third kappa shape index (κ3) is 4.12. The molecule has 3 rings (SSSR count). The molecule has 2 heterocycles. The van der Waals surface area contributed by atoms with Crippen molar-refractivity contribution in [3.63, 3.8) is 0 Å². The van der Waals surface area contributed by atoms with E-state index in [-0.39, 0.29) is 21.2 Å². The van der Waals surface area contributed by atoms with Crippen LogP contribution in [0, 0.1) is 0 Å². The third-order valence-corrected chi connectivity index (χ3v) is 4.72. The normalized spacial score (nSPS) is 12.2. The summed E-state index contributed by atoms with van der Waals surface area (Å²) in [5.41, 5.74) is 5.99. The molecule has 0 aliphatic heterocycles. The highest BCUT2D eigenvalue weighted by Crippen LogP contribution is 2.43. The highest BCUT2D eigenvalue weighted by Gasteiger charge is 2.39. The van der Waals surface area contributed by atoms with Crippen LogP contribution in [-0.4, -0.2) is 22.0 Å². The molecule has 0 aliphatic carbocycles. The summed E-state index contributed by atoms with van der Waals surface area (Å²) in [7, 11) is 0. The summed E-state index contributed by atoms with van der Waals surface area (Å²) in [5, 5.41) is -0.115. The lowest BCUT2D eigenvalue weighted by molar-refractivity contribution is -0.142. The number of halogens is 6. The van der Waals surface area contributed by atoms with Crippen LogP contribution in [0.1, 0.15) is 20.8 Å². The summed E-state index contributed by atoms with van der Waals surface area (Å²) in [5.74, 6) is -1.68. The lowest BCUT2D eigenvalue weighted by Gasteiger charge is -2.16. The molecule has 0 spiro atoms. The molecule has 0 aliphatic rings. The number of fused-ring (bicyclic) bond motifs is 1. The second-order valence-corrected chi connectivity index (χ2v) is 6.75. The number of esters is 1. The standard InChI is InChI=1S/C16H8F6N4O3S/c17-15(18,19)5-1-2-6(8(3-5)16(20,21)22)10-7-4-9(12(27)29-14(24)28)30-11(7)26-13(23)25-10/h1-4H,(H2,24,28)(H2,23,25,26). The second-order valence-electron chi connectivity index (χ2n) is 5.72. The van der Waals surface area contributed by atoms with Gasteiger partial charge in [-0.25, -0.2) is 19.6 Å². The molecule has 0 saturated heterocycles. The number of carbonyl (C=O) groups is 2. The van der Waals surface area contributed by atoms with Crippen LogP contribution in [0.4, 0.5) is 37.1 Å². The lowest BCUT2D eigenvalue weighted by Crippen LogP contribution is -2.17. The van der Waals surface area contributed by atoms with Gasteiger partial charge in [-0.3, -0.25) is 0 Å². The average molecular weight is 450 g/mol. The number of nitrogens with zero attached hydrogens (tertiary/aromatic N) is 2. The van der Waals surface area contributed by atoms with Crippen molar-refractivity contribution >= 4 is 39.6 Å². The number of amides is 1. The topological polar surface area (TPSA) is 121 Å². The van der Waals surface area contributed by atoms with Gasteiger partial charge in [-0.05, 0) is 18.2 Å². The first kappa shape index (κ1) is 21.3. The SMILES string of the molecule is NC(=O)OC(=O)c1cc2c(-c3ccc(C(F)(F)F)cc3C(F)(F)F)nc(N)nc2s1. The van der Waals surface area contributed by atoms with Crippen LogP contribution in [0.25, 0.3) is 21.5 Å². The molecule has 0 saturated carbocycles. The zero-order valence-electron chi connectivity index (χ0n) is 14.3. The van der Waals surface area contributed by atoms with Crippen LogP contribution in [0.15, 0.2) is 24.3 Å². The summed E-state index contributed by atoms with van der Waals surface area (Å²) in [6, 6.07) is 2.04. The monoisotopic (exact) mass is 450 g/mol. The Bertz CT molecular complexity index is 1170. The van der Waals surface area contributed by atoms with Gasteiger partial charge < -0.3 is 16.2 Å². The van der Waals surface area contributed by atoms with E-state index in [1.54, 1.807) is 0 Å². The van der Waals surface area contributed by atoms with E-state index in [0.29, 0.717) is 23.5 Å². The maximum absolute atomic E-state index is 13.5. The van der Waals surface area contributed by atoms with Gasteiger partial charge in [0.1, 0.15) is 9.71 Å². The number of benzene rings is 1. The Labute approximate surface area is 166 Å². The summed E-state index contributed by atoms with van der Waals surface area (Å²) in [6.45, 7) is 0. The first-order valence-corrected chi connectivity index (χ1v) is 8.46. The summed E-state index contributed by atoms with van der Waals surface area (Å²) < 4.78 is 83.5. The highest BCUT2D eigenvalue weighted by atomic mass is 32.1. The Balaban J connectivity index is 2.27. The molecule has 0 atom stereocenters. The van der Waals surface area contributed by atoms with Crippen molar-refractivity contribution in [2.45, 2.75) is 12.4 Å². The molecule has 0 bridgehead atoms. The fraction of sp³-hybridized carbons (Fsp3) is 0.125. The number of anilines is 1. The minimum Gasteiger partial charge on any atom is -0.372 e. The van der Waals surface area contributed by atoms with Crippen molar-refractivity contribution in [2.24, 2.45) is 5.73 Å². The van der Waals surface area contributed by atoms with E-state index >= 15 is 0 Å². The number of ether oxygens (including phenoxy) is 1. The molecule has 2 aromatic heterocycles. The first-order chi connectivity index (χ1) is 13.8. The Morgan fingerprint density at radius 2 is 1.67 bits per heavy atom. The Hall–Kier alpha value is -3.42. The van der Waals surface area contributed by atoms with Gasteiger partial charge in [0.15, 0.2) is 0 Å². The molecule has 4 N–H and O–H groups in total. The largest absolute Gasteiger partial charge is 0.417 e. The molecule has 0 radical (unpaired) electrons. The van der Waals surface area contributed by atoms with Gasteiger partial charge in [-0.2, -0.15) is 26.3 Å². The van der Waals surface area contributed by atoms with Gasteiger partial charge in [0.25, 0.3) is 0 Å². The molecule has 7 nitrogen and oxygen atoms in total. The number of hydrogen-bond donors (Lipinski definition) is 2. The van der Waals surface area contributed by atoms with E-state index in [4.69, 9.17) is 11.5 Å². The highest BCUT2D eigenvalue weighted by molar-refractivity contribution is 7.20. The molecule has 30 heavy (non-hydrogen) atoms. The van der Waals surface area contributed by atoms with Crippen molar-refractivity contribution in [3.8, 4) is 11.3 Å². The predicted molar refractivity (Wildman–Crippen MR) is 92.3 cm³/mol. The van der Waals surface area contributed by atoms with Gasteiger partial charge >= 0.3 is 24.4 Å². The van der Waals surface area contributed by atoms with Crippen LogP contribution < -0.4 is 11.5 Å². The molecule has 3 aromatic rings. The van der Waals surface area contributed by atoms with Gasteiger partial charge in [0.05, 0.1) is 16.8 Å². The molecular formula is C16H8F6N4O3S. The van der Waals surface area contributed by atoms with Crippen LogP contribution in [0.5, 0.6) is 0 Å². The van der Waals surface area contributed by atoms with Crippen molar-refractivity contribution < 1.29 is 40.7 Å². The van der Waals surface area contributed by atoms with Crippen molar-refractivity contribution in [1.82, 2.24) is 9.97 Å². The number of nitrogens with two attached hydrogens (primary N) is 2. The zero-order chi connectivity index (χ0) is 22.4. The molecular weight excluding hydrogens is 442 g/mol. The number of alkyl halides is 6. The third-order valence-electron chi connectivity index (χ3n) is 3.71. The maximum Gasteiger partial charge on any atom is 0.417 e. The predicted octanol–water partition coefficient (Wildman–Crippen LogP) is 4.21. The summed E-state index contributed by atoms with van der Waals surface area (Å²) >= 11 is 0.616. The molecule has 158 valence electrons. The maximum atomic E-state index is 13.5. The summed E-state index contributed by atoms with van der Waals surface area (Å²) in [4.78, 5) is 29.8. The van der Waals surface area contributed by atoms with Crippen LogP contribution in [-0.2, 0) is 17.1 Å². The van der Waals surface area contributed by atoms with Gasteiger partial charge in [-0.1, -0.05) is 6.07 Å². The number of nitrogen functional groups attached to an aromatic ring is 1. The molecule has 1 amide bonds. The summed E-state index contributed by atoms with van der Waals surface area (Å²) in [6.07, 6.45) is -11.6. The van der Waals surface area contributed by atoms with Crippen LogP contribution in [0.3, 0.4) is 0 Å². The van der Waals surface area contributed by atoms with Gasteiger partial charge in [-0.15, -0.1) is 11.3 Å². The first-order valence-electron chi connectivity index (χ1n) is 7.65. The molecule has 0 unspecified atom stereocenters. The fourth-order valence-electron chi connectivity index (χ4n) is 2.55. The smallest absolute Gasteiger partial charge is 0.372 e. The van der Waals surface area contributed by atoms with Crippen molar-refractivity contribution in [1.29, 1.82) is 0 Å². The van der Waals surface area contributed by atoms with Gasteiger partial charge in [0, 0.05) is 10.9 Å². The van der Waals surface area contributed by atoms with E-state index < -0.39 is 52.7 Å². The quantitative estimate of drug-likeness (QED) is 0.343. The Morgan fingerprint density at radius 1 is 1.00 bits per heavy atom. The minimum atomic E-state index is -5.16. The average Bonchev–Trinajstić information content (AvgIpc) is 3.02. The van der Waals surface area contributed by atoms with E-state index in [2.05, 4.69) is 14.7 Å². The lowest BCUT2D eigenvalue weighted by atomic mass is 9.99. The van der Waals surface area contributed by atoms with E-state index in [1.807, 2.05) is 0 Å². The second kappa shape index (κ2) is 7.12. The van der Waals surface area contributed by atoms with E-state index in [0.717, 1.165) is 6.07 Å². The van der Waals surface area contributed by atoms with Crippen molar-refractivity contribution in [3.05, 3.63) is 40.3 Å². The number of thiophene rings is 1. The van der Waals surface area contributed by atoms with E-state index in [9.17, 15) is 35.9 Å². The molecule has 0 fully saturated rings. The van der Waals surface area contributed by atoms with E-state index in [1.165, 1.54) is 0 Å². The fourth-order valence-corrected chi connectivity index (χ4v) is 3.46. The minimum absolute atomic E-state index is 0.0475. The number of carbonyl (C=O) groups excluding carboxylic acids is 2. The number of primary amides is 1. The molecule has 14 heteroatoms. The van der Waals surface area contributed by atoms with Gasteiger partial charge in [0.2, 0.25) is 5.95 Å². The number of rotatable bonds is 2. The Morgan fingerprint density at radius 3 is 2.23 bits per heavy atom. The number of hydrogen-bond acceptors (Lipinski definition) is 7. The van der Waals surface area contributed by atoms with Crippen LogP contribution >= 0.6 is 11.3 Å². The van der Waals surface area contributed by atoms with Crippen LogP contribution in [0.2, 0.25) is 0 Å². The molecule has 1 aromatic carbocycles. The number of aromatic nitrogens is 2.